The Balaban J connectivity index is 2.60. The molecule has 0 fully saturated rings. The fraction of sp³-hybridized carbons (Fsp3) is 0. The highest BCUT2D eigenvalue weighted by Crippen LogP contribution is 2.28. The van der Waals surface area contributed by atoms with Gasteiger partial charge in [0.15, 0.2) is 0 Å². The molecule has 0 aromatic heterocycles. The molecule has 6 nitrogen and oxygen atoms in total. The van der Waals surface area contributed by atoms with Crippen molar-refractivity contribution >= 4 is 29.6 Å². The number of carbonyl (C=O) groups is 2. The van der Waals surface area contributed by atoms with Gasteiger partial charge in [0, 0.05) is 10.5 Å². The summed E-state index contributed by atoms with van der Waals surface area (Å²) in [6.45, 7) is 3.60. The van der Waals surface area contributed by atoms with Crippen LogP contribution in [0.3, 0.4) is 0 Å². The molecular formula is C18H13N3O3. The second-order valence-corrected chi connectivity index (χ2v) is 4.74. The number of aliphatic carboxylic acids is 1. The number of benzene rings is 2. The summed E-state index contributed by atoms with van der Waals surface area (Å²) >= 11 is 0. The van der Waals surface area contributed by atoms with Gasteiger partial charge < -0.3 is 5.11 Å². The zero-order valence-corrected chi connectivity index (χ0v) is 12.6. The molecule has 0 heterocycles. The van der Waals surface area contributed by atoms with Gasteiger partial charge in [0.05, 0.1) is 5.69 Å². The van der Waals surface area contributed by atoms with Crippen molar-refractivity contribution in [2.45, 2.75) is 0 Å². The van der Waals surface area contributed by atoms with Gasteiger partial charge in [0.2, 0.25) is 5.78 Å². The van der Waals surface area contributed by atoms with Gasteiger partial charge in [-0.25, -0.2) is 4.79 Å². The second kappa shape index (κ2) is 7.58. The van der Waals surface area contributed by atoms with E-state index in [2.05, 4.69) is 16.6 Å². The average Bonchev–Trinajstić information content (AvgIpc) is 2.60. The number of carbonyl (C=O) groups excluding carboxylic acids is 1. The Bertz CT molecular complexity index is 880. The fourth-order valence-electron chi connectivity index (χ4n) is 2.15. The van der Waals surface area contributed by atoms with Gasteiger partial charge in [0.1, 0.15) is 5.57 Å². The molecule has 24 heavy (non-hydrogen) atoms. The maximum Gasteiger partial charge on any atom is 0.339 e. The van der Waals surface area contributed by atoms with E-state index in [1.807, 2.05) is 0 Å². The first kappa shape index (κ1) is 16.7. The molecule has 0 saturated carbocycles. The van der Waals surface area contributed by atoms with E-state index in [0.717, 1.165) is 0 Å². The Labute approximate surface area is 138 Å². The van der Waals surface area contributed by atoms with Crippen molar-refractivity contribution in [2.75, 3.05) is 0 Å². The Kier molecular flexibility index (Phi) is 5.28. The maximum absolute atomic E-state index is 12.7. The first-order chi connectivity index (χ1) is 11.6. The summed E-state index contributed by atoms with van der Waals surface area (Å²) in [6, 6.07) is 13.2. The lowest BCUT2D eigenvalue weighted by Gasteiger charge is -2.08. The quantitative estimate of drug-likeness (QED) is 0.160. The summed E-state index contributed by atoms with van der Waals surface area (Å²) in [5.41, 5.74) is 9.38. The number of carboxylic acid groups (broad SMARTS) is 1. The molecule has 2 aromatic rings. The number of Topliss-reactive ketones (excluding diaryl/α,β-unsaturated/α-hetero) is 1. The molecular weight excluding hydrogens is 306 g/mol. The average molecular weight is 319 g/mol. The smallest absolute Gasteiger partial charge is 0.339 e. The molecule has 0 atom stereocenters. The largest absolute Gasteiger partial charge is 0.478 e. The normalized spacial score (nSPS) is 10.6. The third kappa shape index (κ3) is 3.58. The zero-order chi connectivity index (χ0) is 17.5. The van der Waals surface area contributed by atoms with Crippen LogP contribution in [0.2, 0.25) is 0 Å². The van der Waals surface area contributed by atoms with Gasteiger partial charge >= 0.3 is 5.97 Å². The van der Waals surface area contributed by atoms with Gasteiger partial charge in [-0.05, 0) is 22.7 Å². The standard InChI is InChI=1S/C18H13N3O3/c1-2-13-9-6-10-14(16(13)20-21-19)17(22)15(18(23)24)11-12-7-4-3-5-8-12/h2-11H,1H2,(H,23,24). The van der Waals surface area contributed by atoms with Crippen LogP contribution in [0.1, 0.15) is 21.5 Å². The topological polar surface area (TPSA) is 103 Å². The van der Waals surface area contributed by atoms with E-state index < -0.39 is 17.3 Å². The van der Waals surface area contributed by atoms with Crippen LogP contribution in [0, 0.1) is 0 Å². The Morgan fingerprint density at radius 2 is 1.83 bits per heavy atom. The Hall–Kier alpha value is -3.63. The molecule has 0 unspecified atom stereocenters. The zero-order valence-electron chi connectivity index (χ0n) is 12.6. The molecule has 0 spiro atoms. The van der Waals surface area contributed by atoms with E-state index >= 15 is 0 Å². The molecule has 6 heteroatoms. The van der Waals surface area contributed by atoms with E-state index in [4.69, 9.17) is 5.53 Å². The van der Waals surface area contributed by atoms with Crippen molar-refractivity contribution in [2.24, 2.45) is 5.11 Å². The van der Waals surface area contributed by atoms with Gasteiger partial charge in [0.25, 0.3) is 0 Å². The van der Waals surface area contributed by atoms with Crippen molar-refractivity contribution in [1.82, 2.24) is 0 Å². The molecule has 0 aliphatic carbocycles. The number of hydrogen-bond donors (Lipinski definition) is 1. The van der Waals surface area contributed by atoms with E-state index in [1.165, 1.54) is 18.2 Å². The lowest BCUT2D eigenvalue weighted by molar-refractivity contribution is -0.132. The van der Waals surface area contributed by atoms with E-state index in [0.29, 0.717) is 11.1 Å². The molecule has 0 aliphatic heterocycles. The van der Waals surface area contributed by atoms with Crippen molar-refractivity contribution in [3.05, 3.63) is 87.8 Å². The third-order valence-electron chi connectivity index (χ3n) is 3.26. The van der Waals surface area contributed by atoms with Crippen LogP contribution in [0.4, 0.5) is 5.69 Å². The van der Waals surface area contributed by atoms with Crippen LogP contribution in [0.25, 0.3) is 22.6 Å². The van der Waals surface area contributed by atoms with Crippen LogP contribution >= 0.6 is 0 Å². The minimum Gasteiger partial charge on any atom is -0.478 e. The van der Waals surface area contributed by atoms with Gasteiger partial charge in [-0.15, -0.1) is 0 Å². The Morgan fingerprint density at radius 3 is 2.42 bits per heavy atom. The van der Waals surface area contributed by atoms with Gasteiger partial charge in [-0.3, -0.25) is 4.79 Å². The minimum absolute atomic E-state index is 0.00906. The number of nitrogens with zero attached hydrogens (tertiary/aromatic N) is 3. The summed E-state index contributed by atoms with van der Waals surface area (Å²) < 4.78 is 0. The third-order valence-corrected chi connectivity index (χ3v) is 3.26. The van der Waals surface area contributed by atoms with Crippen LogP contribution in [-0.4, -0.2) is 16.9 Å². The lowest BCUT2D eigenvalue weighted by Crippen LogP contribution is -2.13. The molecule has 0 bridgehead atoms. The molecule has 2 rings (SSSR count). The number of ketones is 1. The SMILES string of the molecule is C=Cc1cccc(C(=O)C(=Cc2ccccc2)C(=O)O)c1N=[N+]=[N-]. The fourth-order valence-corrected chi connectivity index (χ4v) is 2.15. The highest BCUT2D eigenvalue weighted by atomic mass is 16.4. The predicted octanol–water partition coefficient (Wildman–Crippen LogP) is 4.62. The maximum atomic E-state index is 12.7. The van der Waals surface area contributed by atoms with Crippen LogP contribution in [0.15, 0.2) is 65.8 Å². The number of azide groups is 1. The molecule has 1 N–H and O–H groups in total. The van der Waals surface area contributed by atoms with Crippen LogP contribution < -0.4 is 0 Å². The molecule has 0 saturated heterocycles. The van der Waals surface area contributed by atoms with Crippen molar-refractivity contribution in [3.8, 4) is 0 Å². The summed E-state index contributed by atoms with van der Waals surface area (Å²) in [6.07, 6.45) is 2.72. The van der Waals surface area contributed by atoms with Crippen LogP contribution in [-0.2, 0) is 4.79 Å². The number of hydrogen-bond acceptors (Lipinski definition) is 3. The monoisotopic (exact) mass is 319 g/mol. The van der Waals surface area contributed by atoms with Gasteiger partial charge in [-0.1, -0.05) is 66.3 Å². The van der Waals surface area contributed by atoms with Gasteiger partial charge in [-0.2, -0.15) is 0 Å². The lowest BCUT2D eigenvalue weighted by atomic mass is 9.97. The van der Waals surface area contributed by atoms with Crippen molar-refractivity contribution < 1.29 is 14.7 Å². The molecule has 0 amide bonds. The van der Waals surface area contributed by atoms with E-state index in [-0.39, 0.29) is 11.3 Å². The number of rotatable bonds is 6. The first-order valence-corrected chi connectivity index (χ1v) is 6.93. The first-order valence-electron chi connectivity index (χ1n) is 6.93. The Morgan fingerprint density at radius 1 is 1.12 bits per heavy atom. The molecule has 0 radical (unpaired) electrons. The summed E-state index contributed by atoms with van der Waals surface area (Å²) in [5.74, 6) is -2.10. The molecule has 2 aromatic carbocycles. The van der Waals surface area contributed by atoms with E-state index in [1.54, 1.807) is 42.5 Å². The predicted molar refractivity (Wildman–Crippen MR) is 91.7 cm³/mol. The second-order valence-electron chi connectivity index (χ2n) is 4.74. The van der Waals surface area contributed by atoms with Crippen LogP contribution in [0.5, 0.6) is 0 Å². The minimum atomic E-state index is -1.36. The summed E-state index contributed by atoms with van der Waals surface area (Å²) in [4.78, 5) is 26.9. The molecule has 0 aliphatic rings. The summed E-state index contributed by atoms with van der Waals surface area (Å²) in [5, 5.41) is 12.9. The molecule has 118 valence electrons. The number of carboxylic acids is 1. The highest BCUT2D eigenvalue weighted by molar-refractivity contribution is 6.28. The summed E-state index contributed by atoms with van der Waals surface area (Å²) in [7, 11) is 0. The van der Waals surface area contributed by atoms with E-state index in [9.17, 15) is 14.7 Å². The van der Waals surface area contributed by atoms with Crippen molar-refractivity contribution in [3.63, 3.8) is 0 Å². The highest BCUT2D eigenvalue weighted by Gasteiger charge is 2.22. The van der Waals surface area contributed by atoms with Crippen molar-refractivity contribution in [1.29, 1.82) is 0 Å².